The van der Waals surface area contributed by atoms with Gasteiger partial charge in [-0.2, -0.15) is 0 Å². The van der Waals surface area contributed by atoms with E-state index in [1.807, 2.05) is 24.3 Å². The number of carbonyl (C=O) groups excluding carboxylic acids is 2. The molecule has 144 valence electrons. The van der Waals surface area contributed by atoms with E-state index in [4.69, 9.17) is 17.3 Å². The van der Waals surface area contributed by atoms with Gasteiger partial charge in [-0.25, -0.2) is 0 Å². The SMILES string of the molecule is O=C(O)CCCNC(=O)CCCN1C(=O)/C(=C/c2cccc(Br)c2)SC1=S. The van der Waals surface area contributed by atoms with E-state index in [2.05, 4.69) is 21.2 Å². The summed E-state index contributed by atoms with van der Waals surface area (Å²) in [6.07, 6.45) is 2.98. The summed E-state index contributed by atoms with van der Waals surface area (Å²) >= 11 is 9.95. The molecule has 1 heterocycles. The summed E-state index contributed by atoms with van der Waals surface area (Å²) in [5.41, 5.74) is 0.908. The molecule has 0 radical (unpaired) electrons. The molecule has 1 aromatic rings. The molecule has 0 saturated carbocycles. The van der Waals surface area contributed by atoms with Crippen LogP contribution < -0.4 is 5.32 Å². The summed E-state index contributed by atoms with van der Waals surface area (Å²) in [7, 11) is 0. The molecule has 0 unspecified atom stereocenters. The van der Waals surface area contributed by atoms with Crippen LogP contribution in [0.15, 0.2) is 33.6 Å². The number of carboxylic acid groups (broad SMARTS) is 1. The van der Waals surface area contributed by atoms with Crippen molar-refractivity contribution in [3.05, 3.63) is 39.2 Å². The number of halogens is 1. The average molecular weight is 471 g/mol. The monoisotopic (exact) mass is 470 g/mol. The Morgan fingerprint density at radius 2 is 2.07 bits per heavy atom. The molecule has 1 aliphatic rings. The molecule has 27 heavy (non-hydrogen) atoms. The lowest BCUT2D eigenvalue weighted by atomic mass is 10.2. The van der Waals surface area contributed by atoms with Gasteiger partial charge in [0.1, 0.15) is 4.32 Å². The van der Waals surface area contributed by atoms with Gasteiger partial charge < -0.3 is 10.4 Å². The quantitative estimate of drug-likeness (QED) is 0.326. The Morgan fingerprint density at radius 1 is 1.30 bits per heavy atom. The molecule has 9 heteroatoms. The van der Waals surface area contributed by atoms with Crippen molar-refractivity contribution in [3.63, 3.8) is 0 Å². The lowest BCUT2D eigenvalue weighted by Crippen LogP contribution is -2.31. The first-order chi connectivity index (χ1) is 12.9. The third-order valence-electron chi connectivity index (χ3n) is 3.70. The summed E-state index contributed by atoms with van der Waals surface area (Å²) in [6, 6.07) is 7.63. The van der Waals surface area contributed by atoms with Crippen LogP contribution in [0.4, 0.5) is 0 Å². The van der Waals surface area contributed by atoms with Crippen LogP contribution in [0.1, 0.15) is 31.2 Å². The Balaban J connectivity index is 1.80. The fraction of sp³-hybridized carbons (Fsp3) is 0.333. The highest BCUT2D eigenvalue weighted by atomic mass is 79.9. The van der Waals surface area contributed by atoms with Gasteiger partial charge in [-0.15, -0.1) is 0 Å². The van der Waals surface area contributed by atoms with Crippen LogP contribution >= 0.6 is 39.9 Å². The van der Waals surface area contributed by atoms with Crippen molar-refractivity contribution < 1.29 is 19.5 Å². The Labute approximate surface area is 175 Å². The van der Waals surface area contributed by atoms with Gasteiger partial charge in [0.05, 0.1) is 4.91 Å². The number of hydrogen-bond donors (Lipinski definition) is 2. The number of amides is 2. The standard InChI is InChI=1S/C18H19BrN2O4S2/c19-13-5-1-4-12(10-13)11-14-17(25)21(18(26)27-14)9-3-6-15(22)20-8-2-7-16(23)24/h1,4-5,10-11H,2-3,6-9H2,(H,20,22)(H,23,24)/b14-11-. The van der Waals surface area contributed by atoms with E-state index in [9.17, 15) is 14.4 Å². The molecule has 1 aromatic carbocycles. The smallest absolute Gasteiger partial charge is 0.303 e. The predicted octanol–water partition coefficient (Wildman–Crippen LogP) is 3.41. The number of rotatable bonds is 9. The number of nitrogens with one attached hydrogen (secondary N) is 1. The Kier molecular flexibility index (Phi) is 8.46. The zero-order chi connectivity index (χ0) is 19.8. The fourth-order valence-corrected chi connectivity index (χ4v) is 4.12. The van der Waals surface area contributed by atoms with E-state index in [1.165, 1.54) is 16.7 Å². The van der Waals surface area contributed by atoms with Crippen LogP contribution in [0.25, 0.3) is 6.08 Å². The minimum Gasteiger partial charge on any atom is -0.481 e. The van der Waals surface area contributed by atoms with Crippen molar-refractivity contribution in [2.24, 2.45) is 0 Å². The molecule has 1 fully saturated rings. The van der Waals surface area contributed by atoms with Gasteiger partial charge in [-0.3, -0.25) is 19.3 Å². The summed E-state index contributed by atoms with van der Waals surface area (Å²) in [6.45, 7) is 0.713. The molecule has 1 saturated heterocycles. The van der Waals surface area contributed by atoms with Gasteiger partial charge in [0, 0.05) is 30.4 Å². The van der Waals surface area contributed by atoms with E-state index in [0.29, 0.717) is 35.2 Å². The minimum absolute atomic E-state index is 0.0289. The van der Waals surface area contributed by atoms with E-state index < -0.39 is 5.97 Å². The third-order valence-corrected chi connectivity index (χ3v) is 5.57. The summed E-state index contributed by atoms with van der Waals surface area (Å²) in [5.74, 6) is -1.18. The van der Waals surface area contributed by atoms with Crippen molar-refractivity contribution in [1.29, 1.82) is 0 Å². The topological polar surface area (TPSA) is 86.7 Å². The lowest BCUT2D eigenvalue weighted by Gasteiger charge is -2.14. The van der Waals surface area contributed by atoms with Gasteiger partial charge in [-0.1, -0.05) is 52.0 Å². The second-order valence-electron chi connectivity index (χ2n) is 5.84. The summed E-state index contributed by atoms with van der Waals surface area (Å²) in [4.78, 5) is 36.8. The van der Waals surface area contributed by atoms with Crippen molar-refractivity contribution in [1.82, 2.24) is 10.2 Å². The fourth-order valence-electron chi connectivity index (χ4n) is 2.39. The van der Waals surface area contributed by atoms with Crippen LogP contribution in [0.5, 0.6) is 0 Å². The van der Waals surface area contributed by atoms with Gasteiger partial charge in [0.25, 0.3) is 5.91 Å². The Bertz CT molecular complexity index is 782. The van der Waals surface area contributed by atoms with Gasteiger partial charge in [-0.05, 0) is 36.6 Å². The molecule has 0 aromatic heterocycles. The van der Waals surface area contributed by atoms with Crippen LogP contribution in [-0.2, 0) is 14.4 Å². The number of thioether (sulfide) groups is 1. The first kappa shape index (κ1) is 21.6. The predicted molar refractivity (Wildman–Crippen MR) is 113 cm³/mol. The highest BCUT2D eigenvalue weighted by Gasteiger charge is 2.31. The first-order valence-electron chi connectivity index (χ1n) is 8.36. The molecule has 0 aliphatic carbocycles. The molecule has 0 atom stereocenters. The molecule has 0 spiro atoms. The van der Waals surface area contributed by atoms with E-state index in [0.717, 1.165) is 10.0 Å². The second kappa shape index (κ2) is 10.6. The first-order valence-corrected chi connectivity index (χ1v) is 10.4. The van der Waals surface area contributed by atoms with Crippen LogP contribution in [0.2, 0.25) is 0 Å². The normalized spacial score (nSPS) is 15.4. The number of carbonyl (C=O) groups is 3. The largest absolute Gasteiger partial charge is 0.481 e. The van der Waals surface area contributed by atoms with Crippen LogP contribution in [-0.4, -0.2) is 45.2 Å². The van der Waals surface area contributed by atoms with Gasteiger partial charge in [0.15, 0.2) is 0 Å². The van der Waals surface area contributed by atoms with Crippen molar-refractivity contribution in [2.45, 2.75) is 25.7 Å². The molecule has 2 N–H and O–H groups in total. The maximum atomic E-state index is 12.5. The van der Waals surface area contributed by atoms with E-state index in [-0.39, 0.29) is 24.7 Å². The number of benzene rings is 1. The van der Waals surface area contributed by atoms with Crippen molar-refractivity contribution in [2.75, 3.05) is 13.1 Å². The van der Waals surface area contributed by atoms with Crippen LogP contribution in [0, 0.1) is 0 Å². The van der Waals surface area contributed by atoms with Crippen molar-refractivity contribution in [3.8, 4) is 0 Å². The maximum absolute atomic E-state index is 12.5. The average Bonchev–Trinajstić information content (AvgIpc) is 2.86. The molecule has 6 nitrogen and oxygen atoms in total. The zero-order valence-corrected chi connectivity index (χ0v) is 17.7. The van der Waals surface area contributed by atoms with Gasteiger partial charge in [0.2, 0.25) is 5.91 Å². The summed E-state index contributed by atoms with van der Waals surface area (Å²) in [5, 5.41) is 11.2. The summed E-state index contributed by atoms with van der Waals surface area (Å²) < 4.78 is 1.42. The van der Waals surface area contributed by atoms with Crippen LogP contribution in [0.3, 0.4) is 0 Å². The lowest BCUT2D eigenvalue weighted by molar-refractivity contribution is -0.137. The second-order valence-corrected chi connectivity index (χ2v) is 8.43. The van der Waals surface area contributed by atoms with Crippen molar-refractivity contribution >= 4 is 68.1 Å². The highest BCUT2D eigenvalue weighted by Crippen LogP contribution is 2.33. The highest BCUT2D eigenvalue weighted by molar-refractivity contribution is 9.10. The van der Waals surface area contributed by atoms with E-state index >= 15 is 0 Å². The molecule has 0 bridgehead atoms. The number of carboxylic acids is 1. The van der Waals surface area contributed by atoms with E-state index in [1.54, 1.807) is 6.08 Å². The zero-order valence-electron chi connectivity index (χ0n) is 14.4. The van der Waals surface area contributed by atoms with Gasteiger partial charge >= 0.3 is 5.97 Å². The Hall–Kier alpha value is -1.71. The maximum Gasteiger partial charge on any atom is 0.303 e. The third kappa shape index (κ3) is 7.08. The minimum atomic E-state index is -0.880. The molecule has 2 amide bonds. The number of thiocarbonyl (C=S) groups is 1. The molecular formula is C18H19BrN2O4S2. The number of nitrogens with zero attached hydrogens (tertiary/aromatic N) is 1. The molecule has 2 rings (SSSR count). The number of aliphatic carboxylic acids is 1. The molecule has 1 aliphatic heterocycles. The molecular weight excluding hydrogens is 452 g/mol. The Morgan fingerprint density at radius 3 is 2.78 bits per heavy atom. The number of hydrogen-bond acceptors (Lipinski definition) is 5.